The van der Waals surface area contributed by atoms with Crippen LogP contribution >= 0.6 is 11.3 Å². The van der Waals surface area contributed by atoms with Gasteiger partial charge < -0.3 is 4.57 Å². The van der Waals surface area contributed by atoms with Gasteiger partial charge in [-0.25, -0.2) is 4.39 Å². The average Bonchev–Trinajstić information content (AvgIpc) is 2.88. The molecular weight excluding hydrogens is 319 g/mol. The van der Waals surface area contributed by atoms with Crippen LogP contribution in [0.5, 0.6) is 0 Å². The predicted molar refractivity (Wildman–Crippen MR) is 86.2 cm³/mol. The van der Waals surface area contributed by atoms with Crippen molar-refractivity contribution in [3.8, 4) is 0 Å². The van der Waals surface area contributed by atoms with E-state index in [0.29, 0.717) is 10.8 Å². The molecular formula is C15H13FN4O2S. The van der Waals surface area contributed by atoms with E-state index >= 15 is 0 Å². The summed E-state index contributed by atoms with van der Waals surface area (Å²) in [6.45, 7) is 3.32. The highest BCUT2D eigenvalue weighted by atomic mass is 32.1. The van der Waals surface area contributed by atoms with Gasteiger partial charge in [-0.1, -0.05) is 17.4 Å². The van der Waals surface area contributed by atoms with E-state index in [0.717, 1.165) is 5.01 Å². The van der Waals surface area contributed by atoms with Gasteiger partial charge in [-0.3, -0.25) is 14.9 Å². The monoisotopic (exact) mass is 332 g/mol. The first kappa shape index (κ1) is 15.3. The SMILES string of the molecule is Cc1nnc(NC(=O)Cn2c(C)cc(=O)c3cccc(F)c32)s1. The summed E-state index contributed by atoms with van der Waals surface area (Å²) in [6.07, 6.45) is 0. The molecule has 0 fully saturated rings. The highest BCUT2D eigenvalue weighted by Crippen LogP contribution is 2.18. The van der Waals surface area contributed by atoms with Gasteiger partial charge in [-0.2, -0.15) is 0 Å². The third-order valence-electron chi connectivity index (χ3n) is 3.36. The summed E-state index contributed by atoms with van der Waals surface area (Å²) in [5.41, 5.74) is 0.366. The fourth-order valence-corrected chi connectivity index (χ4v) is 2.97. The van der Waals surface area contributed by atoms with Gasteiger partial charge in [0, 0.05) is 17.1 Å². The summed E-state index contributed by atoms with van der Waals surface area (Å²) in [4.78, 5) is 24.2. The van der Waals surface area contributed by atoms with E-state index in [4.69, 9.17) is 0 Å². The lowest BCUT2D eigenvalue weighted by Crippen LogP contribution is -2.22. The number of aryl methyl sites for hydroxylation is 2. The van der Waals surface area contributed by atoms with Crippen molar-refractivity contribution in [2.75, 3.05) is 5.32 Å². The maximum Gasteiger partial charge on any atom is 0.246 e. The van der Waals surface area contributed by atoms with Gasteiger partial charge in [-0.15, -0.1) is 10.2 Å². The lowest BCUT2D eigenvalue weighted by Gasteiger charge is -2.14. The van der Waals surface area contributed by atoms with E-state index in [1.54, 1.807) is 19.9 Å². The Morgan fingerprint density at radius 2 is 2.13 bits per heavy atom. The highest BCUT2D eigenvalue weighted by Gasteiger charge is 2.14. The summed E-state index contributed by atoms with van der Waals surface area (Å²) >= 11 is 1.25. The van der Waals surface area contributed by atoms with Gasteiger partial charge in [0.1, 0.15) is 17.4 Å². The molecule has 0 radical (unpaired) electrons. The number of pyridine rings is 1. The molecule has 0 aliphatic heterocycles. The third-order valence-corrected chi connectivity index (χ3v) is 4.12. The highest BCUT2D eigenvalue weighted by molar-refractivity contribution is 7.15. The number of hydrogen-bond donors (Lipinski definition) is 1. The van der Waals surface area contributed by atoms with E-state index in [2.05, 4.69) is 15.5 Å². The molecule has 8 heteroatoms. The molecule has 1 amide bonds. The number of nitrogens with one attached hydrogen (secondary N) is 1. The molecule has 0 aliphatic carbocycles. The first-order valence-corrected chi connectivity index (χ1v) is 7.66. The summed E-state index contributed by atoms with van der Waals surface area (Å²) in [5, 5.41) is 11.6. The number of para-hydroxylation sites is 1. The number of carbonyl (C=O) groups is 1. The number of hydrogen-bond acceptors (Lipinski definition) is 5. The van der Waals surface area contributed by atoms with Crippen LogP contribution < -0.4 is 10.7 Å². The van der Waals surface area contributed by atoms with Crippen molar-refractivity contribution in [3.05, 3.63) is 51.0 Å². The van der Waals surface area contributed by atoms with Crippen molar-refractivity contribution >= 4 is 33.3 Å². The molecule has 0 unspecified atom stereocenters. The third kappa shape index (κ3) is 2.98. The van der Waals surface area contributed by atoms with Crippen LogP contribution in [0.1, 0.15) is 10.7 Å². The molecule has 3 aromatic rings. The Hall–Kier alpha value is -2.61. The van der Waals surface area contributed by atoms with E-state index in [9.17, 15) is 14.0 Å². The molecule has 6 nitrogen and oxygen atoms in total. The average molecular weight is 332 g/mol. The Kier molecular flexibility index (Phi) is 3.91. The van der Waals surface area contributed by atoms with Crippen molar-refractivity contribution in [2.45, 2.75) is 20.4 Å². The molecule has 23 heavy (non-hydrogen) atoms. The topological polar surface area (TPSA) is 76.9 Å². The summed E-state index contributed by atoms with van der Waals surface area (Å²) in [6, 6.07) is 5.68. The van der Waals surface area contributed by atoms with Crippen molar-refractivity contribution in [2.24, 2.45) is 0 Å². The summed E-state index contributed by atoms with van der Waals surface area (Å²) in [7, 11) is 0. The Morgan fingerprint density at radius 1 is 1.35 bits per heavy atom. The number of aromatic nitrogens is 3. The first-order chi connectivity index (χ1) is 11.0. The summed E-state index contributed by atoms with van der Waals surface area (Å²) < 4.78 is 15.7. The number of fused-ring (bicyclic) bond motifs is 1. The molecule has 0 atom stereocenters. The zero-order valence-electron chi connectivity index (χ0n) is 12.5. The molecule has 0 bridgehead atoms. The Labute approximate surface area is 134 Å². The quantitative estimate of drug-likeness (QED) is 0.798. The van der Waals surface area contributed by atoms with Gasteiger partial charge >= 0.3 is 0 Å². The number of carbonyl (C=O) groups excluding carboxylic acids is 1. The zero-order valence-corrected chi connectivity index (χ0v) is 13.3. The minimum Gasteiger partial charge on any atom is -0.333 e. The maximum absolute atomic E-state index is 14.2. The number of anilines is 1. The van der Waals surface area contributed by atoms with Crippen molar-refractivity contribution in [1.29, 1.82) is 0 Å². The molecule has 1 aromatic carbocycles. The maximum atomic E-state index is 14.2. The molecule has 3 rings (SSSR count). The van der Waals surface area contributed by atoms with Crippen LogP contribution in [0.15, 0.2) is 29.1 Å². The predicted octanol–water partition coefficient (Wildman–Crippen LogP) is 2.25. The second-order valence-corrected chi connectivity index (χ2v) is 6.23. The Morgan fingerprint density at radius 3 is 2.83 bits per heavy atom. The Bertz CT molecular complexity index is 964. The van der Waals surface area contributed by atoms with Gasteiger partial charge in [0.2, 0.25) is 11.0 Å². The van der Waals surface area contributed by atoms with Crippen molar-refractivity contribution in [1.82, 2.24) is 14.8 Å². The molecule has 118 valence electrons. The van der Waals surface area contributed by atoms with Crippen LogP contribution in [0.25, 0.3) is 10.9 Å². The smallest absolute Gasteiger partial charge is 0.246 e. The van der Waals surface area contributed by atoms with Crippen molar-refractivity contribution < 1.29 is 9.18 Å². The number of benzene rings is 1. The number of halogens is 1. The number of rotatable bonds is 3. The van der Waals surface area contributed by atoms with Crippen molar-refractivity contribution in [3.63, 3.8) is 0 Å². The fraction of sp³-hybridized carbons (Fsp3) is 0.200. The largest absolute Gasteiger partial charge is 0.333 e. The first-order valence-electron chi connectivity index (χ1n) is 6.84. The molecule has 0 saturated carbocycles. The van der Waals surface area contributed by atoms with E-state index < -0.39 is 5.82 Å². The molecule has 0 spiro atoms. The second-order valence-electron chi connectivity index (χ2n) is 5.05. The van der Waals surface area contributed by atoms with Gasteiger partial charge in [0.25, 0.3) is 0 Å². The van der Waals surface area contributed by atoms with Crippen LogP contribution in [-0.4, -0.2) is 20.7 Å². The van der Waals surface area contributed by atoms with Crippen LogP contribution in [0.4, 0.5) is 9.52 Å². The van der Waals surface area contributed by atoms with Crippen LogP contribution in [0, 0.1) is 19.7 Å². The van der Waals surface area contributed by atoms with E-state index in [1.165, 1.54) is 34.1 Å². The molecule has 2 heterocycles. The van der Waals surface area contributed by atoms with Gasteiger partial charge in [0.05, 0.1) is 5.52 Å². The second kappa shape index (κ2) is 5.88. The minimum absolute atomic E-state index is 0.123. The fourth-order valence-electron chi connectivity index (χ4n) is 2.36. The lowest BCUT2D eigenvalue weighted by atomic mass is 10.1. The molecule has 0 aliphatic rings. The lowest BCUT2D eigenvalue weighted by molar-refractivity contribution is -0.116. The van der Waals surface area contributed by atoms with Crippen LogP contribution in [0.2, 0.25) is 0 Å². The molecule has 1 N–H and O–H groups in total. The summed E-state index contributed by atoms with van der Waals surface area (Å²) in [5.74, 6) is -0.902. The Balaban J connectivity index is 1.99. The van der Waals surface area contributed by atoms with Crippen LogP contribution in [0.3, 0.4) is 0 Å². The van der Waals surface area contributed by atoms with E-state index in [1.807, 2.05) is 0 Å². The standard InChI is InChI=1S/C15H13FN4O2S/c1-8-6-12(21)10-4-3-5-11(16)14(10)20(8)7-13(22)17-15-19-18-9(2)23-15/h3-6H,7H2,1-2H3,(H,17,19,22). The normalized spacial score (nSPS) is 10.9. The van der Waals surface area contributed by atoms with Gasteiger partial charge in [0.15, 0.2) is 5.43 Å². The van der Waals surface area contributed by atoms with E-state index in [-0.39, 0.29) is 28.8 Å². The zero-order chi connectivity index (χ0) is 16.6. The van der Waals surface area contributed by atoms with Crippen LogP contribution in [-0.2, 0) is 11.3 Å². The molecule has 2 aromatic heterocycles. The van der Waals surface area contributed by atoms with Gasteiger partial charge in [-0.05, 0) is 26.0 Å². The number of nitrogens with zero attached hydrogens (tertiary/aromatic N) is 3. The minimum atomic E-state index is -0.539. The molecule has 0 saturated heterocycles. The number of amides is 1.